The fraction of sp³-hybridized carbons (Fsp3) is 0.600. The van der Waals surface area contributed by atoms with Gasteiger partial charge in [-0.2, -0.15) is 0 Å². The van der Waals surface area contributed by atoms with Crippen LogP contribution in [0.15, 0.2) is 18.2 Å². The standard InChI is InChI=1S/C15H27N3O/c1-12(2)18(3)8-6-5-7-17-14-9-13(16)10-15(11-14)19-4/h9-12,17H,5-8,16H2,1-4H3. The van der Waals surface area contributed by atoms with Crippen molar-refractivity contribution in [1.29, 1.82) is 0 Å². The van der Waals surface area contributed by atoms with E-state index in [1.54, 1.807) is 7.11 Å². The Bertz CT molecular complexity index is 380. The second-order valence-electron chi connectivity index (χ2n) is 5.20. The van der Waals surface area contributed by atoms with Gasteiger partial charge in [-0.05, 0) is 46.3 Å². The number of unbranched alkanes of at least 4 members (excludes halogenated alkanes) is 1. The smallest absolute Gasteiger partial charge is 0.122 e. The number of nitrogens with one attached hydrogen (secondary N) is 1. The van der Waals surface area contributed by atoms with Crippen molar-refractivity contribution in [2.75, 3.05) is 38.3 Å². The Hall–Kier alpha value is -1.42. The topological polar surface area (TPSA) is 50.5 Å². The lowest BCUT2D eigenvalue weighted by atomic mass is 10.2. The van der Waals surface area contributed by atoms with Crippen LogP contribution in [0.1, 0.15) is 26.7 Å². The highest BCUT2D eigenvalue weighted by Gasteiger charge is 2.02. The van der Waals surface area contributed by atoms with E-state index in [0.29, 0.717) is 6.04 Å². The SMILES string of the molecule is COc1cc(N)cc(NCCCCN(C)C(C)C)c1. The highest BCUT2D eigenvalue weighted by Crippen LogP contribution is 2.22. The van der Waals surface area contributed by atoms with Crippen molar-refractivity contribution in [3.63, 3.8) is 0 Å². The average Bonchev–Trinajstić information content (AvgIpc) is 2.37. The van der Waals surface area contributed by atoms with Gasteiger partial charge in [-0.15, -0.1) is 0 Å². The van der Waals surface area contributed by atoms with Crippen LogP contribution in [-0.4, -0.2) is 38.2 Å². The van der Waals surface area contributed by atoms with Gasteiger partial charge in [0.25, 0.3) is 0 Å². The fourth-order valence-electron chi connectivity index (χ4n) is 1.82. The molecule has 0 aromatic heterocycles. The summed E-state index contributed by atoms with van der Waals surface area (Å²) in [6, 6.07) is 6.34. The van der Waals surface area contributed by atoms with Crippen molar-refractivity contribution in [3.8, 4) is 5.75 Å². The first kappa shape index (κ1) is 15.6. The third-order valence-electron chi connectivity index (χ3n) is 3.31. The van der Waals surface area contributed by atoms with E-state index in [-0.39, 0.29) is 0 Å². The molecule has 1 aromatic rings. The molecular formula is C15H27N3O. The minimum atomic E-state index is 0.617. The zero-order valence-corrected chi connectivity index (χ0v) is 12.6. The number of hydrogen-bond donors (Lipinski definition) is 2. The Kier molecular flexibility index (Phi) is 6.50. The molecule has 0 spiro atoms. The number of ether oxygens (including phenoxy) is 1. The average molecular weight is 265 g/mol. The van der Waals surface area contributed by atoms with E-state index in [1.165, 1.54) is 6.42 Å². The summed E-state index contributed by atoms with van der Waals surface area (Å²) in [5.41, 5.74) is 7.56. The summed E-state index contributed by atoms with van der Waals surface area (Å²) in [6.45, 7) is 6.53. The summed E-state index contributed by atoms with van der Waals surface area (Å²) in [7, 11) is 3.82. The Morgan fingerprint density at radius 1 is 1.26 bits per heavy atom. The highest BCUT2D eigenvalue weighted by atomic mass is 16.5. The van der Waals surface area contributed by atoms with Crippen LogP contribution in [0.2, 0.25) is 0 Å². The lowest BCUT2D eigenvalue weighted by Gasteiger charge is -2.20. The van der Waals surface area contributed by atoms with Crippen LogP contribution in [0.4, 0.5) is 11.4 Å². The van der Waals surface area contributed by atoms with Crippen molar-refractivity contribution in [2.24, 2.45) is 0 Å². The van der Waals surface area contributed by atoms with Gasteiger partial charge < -0.3 is 20.7 Å². The fourth-order valence-corrected chi connectivity index (χ4v) is 1.82. The molecule has 0 atom stereocenters. The molecule has 0 unspecified atom stereocenters. The number of anilines is 2. The van der Waals surface area contributed by atoms with Crippen LogP contribution in [-0.2, 0) is 0 Å². The van der Waals surface area contributed by atoms with Crippen molar-refractivity contribution >= 4 is 11.4 Å². The summed E-state index contributed by atoms with van der Waals surface area (Å²) in [6.07, 6.45) is 2.34. The zero-order chi connectivity index (χ0) is 14.3. The van der Waals surface area contributed by atoms with Crippen molar-refractivity contribution in [3.05, 3.63) is 18.2 Å². The van der Waals surface area contributed by atoms with Gasteiger partial charge in [0.1, 0.15) is 5.75 Å². The monoisotopic (exact) mass is 265 g/mol. The number of hydrogen-bond acceptors (Lipinski definition) is 4. The Morgan fingerprint density at radius 2 is 2.00 bits per heavy atom. The molecule has 4 heteroatoms. The molecule has 0 saturated heterocycles. The molecule has 0 aliphatic carbocycles. The van der Waals surface area contributed by atoms with Crippen molar-refractivity contribution < 1.29 is 4.74 Å². The summed E-state index contributed by atoms with van der Waals surface area (Å²) in [5, 5.41) is 3.38. The van der Waals surface area contributed by atoms with E-state index < -0.39 is 0 Å². The molecule has 3 N–H and O–H groups in total. The molecule has 0 radical (unpaired) electrons. The van der Waals surface area contributed by atoms with Crippen molar-refractivity contribution in [1.82, 2.24) is 4.90 Å². The van der Waals surface area contributed by atoms with E-state index in [4.69, 9.17) is 10.5 Å². The van der Waals surface area contributed by atoms with E-state index in [1.807, 2.05) is 18.2 Å². The van der Waals surface area contributed by atoms with Gasteiger partial charge in [-0.3, -0.25) is 0 Å². The third-order valence-corrected chi connectivity index (χ3v) is 3.31. The van der Waals surface area contributed by atoms with Gasteiger partial charge in [-0.25, -0.2) is 0 Å². The Labute approximate surface area is 116 Å². The second-order valence-corrected chi connectivity index (χ2v) is 5.20. The number of methoxy groups -OCH3 is 1. The van der Waals surface area contributed by atoms with Crippen LogP contribution in [0.3, 0.4) is 0 Å². The lowest BCUT2D eigenvalue weighted by molar-refractivity contribution is 0.269. The molecule has 1 rings (SSSR count). The molecule has 0 aliphatic heterocycles. The first-order valence-corrected chi connectivity index (χ1v) is 6.91. The molecular weight excluding hydrogens is 238 g/mol. The Morgan fingerprint density at radius 3 is 2.63 bits per heavy atom. The molecule has 1 aromatic carbocycles. The van der Waals surface area contributed by atoms with Gasteiger partial charge in [0.2, 0.25) is 0 Å². The molecule has 0 fully saturated rings. The number of nitrogens with two attached hydrogens (primary N) is 1. The molecule has 108 valence electrons. The van der Waals surface area contributed by atoms with Crippen LogP contribution >= 0.6 is 0 Å². The van der Waals surface area contributed by atoms with Crippen LogP contribution in [0, 0.1) is 0 Å². The molecule has 0 aliphatic rings. The number of benzene rings is 1. The summed E-state index contributed by atoms with van der Waals surface area (Å²) >= 11 is 0. The largest absolute Gasteiger partial charge is 0.497 e. The predicted molar refractivity (Wildman–Crippen MR) is 82.9 cm³/mol. The minimum Gasteiger partial charge on any atom is -0.497 e. The van der Waals surface area contributed by atoms with Crippen molar-refractivity contribution in [2.45, 2.75) is 32.7 Å². The number of rotatable bonds is 8. The molecule has 0 saturated carbocycles. The maximum Gasteiger partial charge on any atom is 0.122 e. The first-order valence-electron chi connectivity index (χ1n) is 6.91. The predicted octanol–water partition coefficient (Wildman–Crippen LogP) is 2.81. The van der Waals surface area contributed by atoms with Gasteiger partial charge >= 0.3 is 0 Å². The quantitative estimate of drug-likeness (QED) is 0.560. The van der Waals surface area contributed by atoms with Gasteiger partial charge in [0, 0.05) is 36.1 Å². The lowest BCUT2D eigenvalue weighted by Crippen LogP contribution is -2.27. The Balaban J connectivity index is 2.28. The van der Waals surface area contributed by atoms with Crippen LogP contribution in [0.25, 0.3) is 0 Å². The van der Waals surface area contributed by atoms with Gasteiger partial charge in [-0.1, -0.05) is 0 Å². The maximum atomic E-state index is 5.81. The van der Waals surface area contributed by atoms with Crippen LogP contribution in [0.5, 0.6) is 5.75 Å². The molecule has 19 heavy (non-hydrogen) atoms. The number of nitrogens with zero attached hydrogens (tertiary/aromatic N) is 1. The molecule has 0 amide bonds. The number of nitrogen functional groups attached to an aromatic ring is 1. The van der Waals surface area contributed by atoms with Gasteiger partial charge in [0.15, 0.2) is 0 Å². The normalized spacial score (nSPS) is 11.1. The minimum absolute atomic E-state index is 0.617. The van der Waals surface area contributed by atoms with Gasteiger partial charge in [0.05, 0.1) is 7.11 Å². The third kappa shape index (κ3) is 5.83. The second kappa shape index (κ2) is 7.89. The molecule has 4 nitrogen and oxygen atoms in total. The zero-order valence-electron chi connectivity index (χ0n) is 12.6. The van der Waals surface area contributed by atoms with E-state index in [9.17, 15) is 0 Å². The molecule has 0 bridgehead atoms. The molecule has 0 heterocycles. The first-order chi connectivity index (χ1) is 9.02. The summed E-state index contributed by atoms with van der Waals surface area (Å²) < 4.78 is 5.19. The maximum absolute atomic E-state index is 5.81. The van der Waals surface area contributed by atoms with E-state index >= 15 is 0 Å². The van der Waals surface area contributed by atoms with E-state index in [2.05, 4.69) is 31.1 Å². The van der Waals surface area contributed by atoms with Crippen LogP contribution < -0.4 is 15.8 Å². The summed E-state index contributed by atoms with van der Waals surface area (Å²) in [4.78, 5) is 2.36. The van der Waals surface area contributed by atoms with E-state index in [0.717, 1.165) is 36.6 Å². The highest BCUT2D eigenvalue weighted by molar-refractivity contribution is 5.59. The summed E-state index contributed by atoms with van der Waals surface area (Å²) in [5.74, 6) is 0.794.